The maximum atomic E-state index is 13.0. The van der Waals surface area contributed by atoms with Crippen LogP contribution in [0.25, 0.3) is 10.2 Å². The van der Waals surface area contributed by atoms with Crippen LogP contribution in [-0.4, -0.2) is 26.8 Å². The molecule has 0 radical (unpaired) electrons. The maximum Gasteiger partial charge on any atom is 0.263 e. The molecule has 1 amide bonds. The third kappa shape index (κ3) is 3.76. The molecule has 0 unspecified atom stereocenters. The molecule has 0 spiro atoms. The number of nitrogens with one attached hydrogen (secondary N) is 1. The number of aryl methyl sites for hydroxylation is 2. The number of carbonyl (C=O) groups is 1. The minimum atomic E-state index is -0.811. The van der Waals surface area contributed by atoms with Gasteiger partial charge >= 0.3 is 0 Å². The van der Waals surface area contributed by atoms with E-state index in [1.807, 2.05) is 27.7 Å². The van der Waals surface area contributed by atoms with E-state index < -0.39 is 5.54 Å². The van der Waals surface area contributed by atoms with Crippen LogP contribution in [0.15, 0.2) is 9.95 Å². The van der Waals surface area contributed by atoms with Crippen LogP contribution in [-0.2, 0) is 4.79 Å². The number of fused-ring (bicyclic) bond motifs is 1. The molecule has 144 valence electrons. The molecule has 27 heavy (non-hydrogen) atoms. The second-order valence-corrected chi connectivity index (χ2v) is 9.70. The second kappa shape index (κ2) is 7.28. The van der Waals surface area contributed by atoms with Gasteiger partial charge < -0.3 is 5.32 Å². The van der Waals surface area contributed by atoms with Gasteiger partial charge in [-0.05, 0) is 58.9 Å². The maximum absolute atomic E-state index is 13.0. The molecule has 1 aliphatic carbocycles. The van der Waals surface area contributed by atoms with Gasteiger partial charge in [0.1, 0.15) is 10.4 Å². The Labute approximate surface area is 167 Å². The van der Waals surface area contributed by atoms with Gasteiger partial charge in [-0.3, -0.25) is 14.2 Å². The first kappa shape index (κ1) is 19.9. The van der Waals surface area contributed by atoms with Crippen molar-refractivity contribution in [3.8, 4) is 6.07 Å². The third-order valence-corrected chi connectivity index (χ3v) is 7.13. The van der Waals surface area contributed by atoms with Crippen LogP contribution in [0.3, 0.4) is 0 Å². The standard InChI is InChI=1S/C19H24N4O2S2/c1-10(2)23-17(25)15-11(3)12(4)27-16(15)21-18(23)26-8-14(24)22-19(5,9-20)13-6-7-13/h10,13H,6-8H2,1-5H3,(H,22,24)/t19-/m1/s1. The lowest BCUT2D eigenvalue weighted by Crippen LogP contribution is -2.47. The fraction of sp³-hybridized carbons (Fsp3) is 0.579. The summed E-state index contributed by atoms with van der Waals surface area (Å²) in [5.41, 5.74) is 0.111. The molecule has 1 atom stereocenters. The Bertz CT molecular complexity index is 998. The van der Waals surface area contributed by atoms with Crippen LogP contribution in [0.1, 0.15) is 50.1 Å². The zero-order chi connectivity index (χ0) is 19.9. The average molecular weight is 405 g/mol. The molecular formula is C19H24N4O2S2. The first-order valence-corrected chi connectivity index (χ1v) is 10.9. The highest BCUT2D eigenvalue weighted by Gasteiger charge is 2.43. The molecular weight excluding hydrogens is 380 g/mol. The van der Waals surface area contributed by atoms with E-state index in [1.54, 1.807) is 11.5 Å². The number of thioether (sulfide) groups is 1. The number of aromatic nitrogens is 2. The predicted octanol–water partition coefficient (Wildman–Crippen LogP) is 3.56. The van der Waals surface area contributed by atoms with E-state index in [0.29, 0.717) is 10.5 Å². The zero-order valence-electron chi connectivity index (χ0n) is 16.3. The molecule has 0 aliphatic heterocycles. The Morgan fingerprint density at radius 1 is 1.48 bits per heavy atom. The minimum Gasteiger partial charge on any atom is -0.337 e. The van der Waals surface area contributed by atoms with E-state index in [0.717, 1.165) is 28.1 Å². The number of hydrogen-bond acceptors (Lipinski definition) is 6. The van der Waals surface area contributed by atoms with Crippen molar-refractivity contribution >= 4 is 39.2 Å². The van der Waals surface area contributed by atoms with Gasteiger partial charge in [0.05, 0.1) is 17.2 Å². The van der Waals surface area contributed by atoms with Crippen molar-refractivity contribution < 1.29 is 4.79 Å². The third-order valence-electron chi connectivity index (χ3n) is 5.08. The lowest BCUT2D eigenvalue weighted by atomic mass is 9.98. The Balaban J connectivity index is 1.86. The van der Waals surface area contributed by atoms with Crippen molar-refractivity contribution in [2.75, 3.05) is 5.75 Å². The first-order valence-electron chi connectivity index (χ1n) is 9.05. The molecule has 1 N–H and O–H groups in total. The molecule has 1 aliphatic rings. The van der Waals surface area contributed by atoms with Gasteiger partial charge in [0, 0.05) is 10.9 Å². The molecule has 2 heterocycles. The van der Waals surface area contributed by atoms with Gasteiger partial charge in [-0.2, -0.15) is 5.26 Å². The monoisotopic (exact) mass is 404 g/mol. The van der Waals surface area contributed by atoms with E-state index in [2.05, 4.69) is 16.4 Å². The minimum absolute atomic E-state index is 0.0559. The Morgan fingerprint density at radius 2 is 2.15 bits per heavy atom. The SMILES string of the molecule is Cc1sc2nc(SCC(=O)N[C@](C)(C#N)C3CC3)n(C(C)C)c(=O)c2c1C. The quantitative estimate of drug-likeness (QED) is 0.587. The highest BCUT2D eigenvalue weighted by molar-refractivity contribution is 7.99. The van der Waals surface area contributed by atoms with E-state index >= 15 is 0 Å². The fourth-order valence-electron chi connectivity index (χ4n) is 3.18. The highest BCUT2D eigenvalue weighted by atomic mass is 32.2. The van der Waals surface area contributed by atoms with Gasteiger partial charge in [0.25, 0.3) is 5.56 Å². The topological polar surface area (TPSA) is 87.8 Å². The van der Waals surface area contributed by atoms with Crippen molar-refractivity contribution in [2.45, 2.75) is 64.2 Å². The first-order chi connectivity index (χ1) is 12.7. The molecule has 8 heteroatoms. The lowest BCUT2D eigenvalue weighted by Gasteiger charge is -2.23. The van der Waals surface area contributed by atoms with Crippen LogP contribution < -0.4 is 10.9 Å². The van der Waals surface area contributed by atoms with Crippen LogP contribution >= 0.6 is 23.1 Å². The Hall–Kier alpha value is -1.85. The molecule has 2 aromatic heterocycles. The summed E-state index contributed by atoms with van der Waals surface area (Å²) in [5.74, 6) is 0.147. The van der Waals surface area contributed by atoms with E-state index in [-0.39, 0.29) is 29.2 Å². The summed E-state index contributed by atoms with van der Waals surface area (Å²) in [6, 6.07) is 2.17. The van der Waals surface area contributed by atoms with Crippen molar-refractivity contribution in [3.63, 3.8) is 0 Å². The lowest BCUT2D eigenvalue weighted by molar-refractivity contribution is -0.119. The molecule has 6 nitrogen and oxygen atoms in total. The van der Waals surface area contributed by atoms with E-state index in [1.165, 1.54) is 23.1 Å². The van der Waals surface area contributed by atoms with Gasteiger partial charge in [-0.15, -0.1) is 11.3 Å². The number of amides is 1. The number of rotatable bonds is 6. The number of thiophene rings is 1. The summed E-state index contributed by atoms with van der Waals surface area (Å²) in [5, 5.41) is 13.5. The molecule has 1 saturated carbocycles. The molecule has 0 bridgehead atoms. The van der Waals surface area contributed by atoms with Crippen LogP contribution in [0.2, 0.25) is 0 Å². The molecule has 1 fully saturated rings. The molecule has 2 aromatic rings. The fourth-order valence-corrected chi connectivity index (χ4v) is 5.18. The van der Waals surface area contributed by atoms with E-state index in [9.17, 15) is 14.9 Å². The van der Waals surface area contributed by atoms with Crippen molar-refractivity contribution in [2.24, 2.45) is 5.92 Å². The summed E-state index contributed by atoms with van der Waals surface area (Å²) in [6.07, 6.45) is 1.94. The normalized spacial score (nSPS) is 16.3. The average Bonchev–Trinajstić information content (AvgIpc) is 3.40. The summed E-state index contributed by atoms with van der Waals surface area (Å²) in [7, 11) is 0. The Kier molecular flexibility index (Phi) is 5.37. The van der Waals surface area contributed by atoms with Gasteiger partial charge in [0.15, 0.2) is 5.16 Å². The van der Waals surface area contributed by atoms with Gasteiger partial charge in [-0.25, -0.2) is 4.98 Å². The number of nitriles is 1. The summed E-state index contributed by atoms with van der Waals surface area (Å²) in [6.45, 7) is 9.59. The largest absolute Gasteiger partial charge is 0.337 e. The van der Waals surface area contributed by atoms with Crippen molar-refractivity contribution in [1.82, 2.24) is 14.9 Å². The van der Waals surface area contributed by atoms with Gasteiger partial charge in [0.2, 0.25) is 5.91 Å². The zero-order valence-corrected chi connectivity index (χ0v) is 17.9. The Morgan fingerprint density at radius 3 is 2.70 bits per heavy atom. The molecule has 0 saturated heterocycles. The van der Waals surface area contributed by atoms with Crippen molar-refractivity contribution in [3.05, 3.63) is 20.8 Å². The highest BCUT2D eigenvalue weighted by Crippen LogP contribution is 2.39. The molecule has 3 rings (SSSR count). The van der Waals surface area contributed by atoms with Crippen LogP contribution in [0.4, 0.5) is 0 Å². The smallest absolute Gasteiger partial charge is 0.263 e. The van der Waals surface area contributed by atoms with E-state index in [4.69, 9.17) is 0 Å². The number of hydrogen-bond donors (Lipinski definition) is 1. The summed E-state index contributed by atoms with van der Waals surface area (Å²) in [4.78, 5) is 31.9. The van der Waals surface area contributed by atoms with Crippen LogP contribution in [0, 0.1) is 31.1 Å². The van der Waals surface area contributed by atoms with Gasteiger partial charge in [-0.1, -0.05) is 11.8 Å². The summed E-state index contributed by atoms with van der Waals surface area (Å²) >= 11 is 2.75. The predicted molar refractivity (Wildman–Crippen MR) is 109 cm³/mol. The number of carbonyl (C=O) groups excluding carboxylic acids is 1. The number of nitrogens with zero attached hydrogens (tertiary/aromatic N) is 3. The summed E-state index contributed by atoms with van der Waals surface area (Å²) < 4.78 is 1.66. The second-order valence-electron chi connectivity index (χ2n) is 7.55. The van der Waals surface area contributed by atoms with Crippen molar-refractivity contribution in [1.29, 1.82) is 5.26 Å². The molecule has 0 aromatic carbocycles. The van der Waals surface area contributed by atoms with Crippen LogP contribution in [0.5, 0.6) is 0 Å².